The number of nitrogens with one attached hydrogen (secondary N) is 1. The van der Waals surface area contributed by atoms with Crippen molar-refractivity contribution >= 4 is 27.7 Å². The molecular formula is C16H24BrNS. The second kappa shape index (κ2) is 6.64. The summed E-state index contributed by atoms with van der Waals surface area (Å²) in [6, 6.07) is 9.84. The summed E-state index contributed by atoms with van der Waals surface area (Å²) in [5.41, 5.74) is 1.84. The van der Waals surface area contributed by atoms with E-state index in [2.05, 4.69) is 78.0 Å². The fraction of sp³-hybridized carbons (Fsp3) is 0.625. The molecule has 0 radical (unpaired) electrons. The minimum Gasteiger partial charge on any atom is -0.310 e. The zero-order valence-electron chi connectivity index (χ0n) is 12.1. The van der Waals surface area contributed by atoms with Crippen LogP contribution < -0.4 is 5.32 Å². The Hall–Kier alpha value is 0.01000. The van der Waals surface area contributed by atoms with Gasteiger partial charge in [0.05, 0.1) is 0 Å². The zero-order valence-corrected chi connectivity index (χ0v) is 14.5. The average Bonchev–Trinajstić information content (AvgIpc) is 2.35. The first-order valence-corrected chi connectivity index (χ1v) is 9.00. The van der Waals surface area contributed by atoms with Gasteiger partial charge < -0.3 is 5.32 Å². The molecule has 106 valence electrons. The molecule has 1 nitrogen and oxygen atoms in total. The molecule has 0 amide bonds. The van der Waals surface area contributed by atoms with Gasteiger partial charge in [0.2, 0.25) is 0 Å². The van der Waals surface area contributed by atoms with Crippen molar-refractivity contribution in [1.29, 1.82) is 0 Å². The first kappa shape index (κ1) is 15.4. The third-order valence-electron chi connectivity index (χ3n) is 4.06. The van der Waals surface area contributed by atoms with E-state index in [1.807, 2.05) is 0 Å². The summed E-state index contributed by atoms with van der Waals surface area (Å²) in [7, 11) is 0. The second-order valence-corrected chi connectivity index (χ2v) is 8.33. The van der Waals surface area contributed by atoms with Crippen LogP contribution in [0.4, 0.5) is 0 Å². The van der Waals surface area contributed by atoms with Crippen LogP contribution >= 0.6 is 27.7 Å². The highest BCUT2D eigenvalue weighted by Gasteiger charge is 2.32. The van der Waals surface area contributed by atoms with Gasteiger partial charge in [0, 0.05) is 22.3 Å². The topological polar surface area (TPSA) is 12.0 Å². The van der Waals surface area contributed by atoms with Crippen LogP contribution in [0, 0.1) is 5.41 Å². The van der Waals surface area contributed by atoms with Crippen molar-refractivity contribution in [3.05, 3.63) is 34.3 Å². The van der Waals surface area contributed by atoms with Crippen LogP contribution in [-0.2, 0) is 6.42 Å². The van der Waals surface area contributed by atoms with Crippen LogP contribution in [0.3, 0.4) is 0 Å². The lowest BCUT2D eigenvalue weighted by Gasteiger charge is -2.40. The summed E-state index contributed by atoms with van der Waals surface area (Å²) in [6.07, 6.45) is 2.42. The predicted octanol–water partition coefficient (Wildman–Crippen LogP) is 4.50. The van der Waals surface area contributed by atoms with Gasteiger partial charge in [-0.15, -0.1) is 0 Å². The molecule has 3 heteroatoms. The van der Waals surface area contributed by atoms with E-state index in [0.29, 0.717) is 17.5 Å². The van der Waals surface area contributed by atoms with Gasteiger partial charge in [-0.2, -0.15) is 11.8 Å². The molecule has 1 aliphatic rings. The highest BCUT2D eigenvalue weighted by atomic mass is 79.9. The first-order chi connectivity index (χ1) is 8.97. The Morgan fingerprint density at radius 3 is 2.68 bits per heavy atom. The summed E-state index contributed by atoms with van der Waals surface area (Å²) in [6.45, 7) is 7.10. The van der Waals surface area contributed by atoms with Gasteiger partial charge in [-0.3, -0.25) is 0 Å². The van der Waals surface area contributed by atoms with Gasteiger partial charge >= 0.3 is 0 Å². The molecule has 1 aromatic rings. The van der Waals surface area contributed by atoms with Gasteiger partial charge in [-0.25, -0.2) is 0 Å². The first-order valence-electron chi connectivity index (χ1n) is 7.05. The van der Waals surface area contributed by atoms with Crippen molar-refractivity contribution in [3.8, 4) is 0 Å². The van der Waals surface area contributed by atoms with E-state index in [9.17, 15) is 0 Å². The Morgan fingerprint density at radius 2 is 2.05 bits per heavy atom. The number of rotatable bonds is 4. The standard InChI is InChI=1S/C16H24BrNS/c1-12(10-13-4-6-14(17)7-5-13)18-15-11-19-9-8-16(15,2)3/h4-7,12,15,18H,8-11H2,1-3H3. The highest BCUT2D eigenvalue weighted by Crippen LogP contribution is 2.34. The maximum atomic E-state index is 3.84. The Bertz CT molecular complexity index is 402. The molecule has 1 fully saturated rings. The predicted molar refractivity (Wildman–Crippen MR) is 90.0 cm³/mol. The van der Waals surface area contributed by atoms with Crippen LogP contribution in [0.25, 0.3) is 0 Å². The quantitative estimate of drug-likeness (QED) is 0.865. The summed E-state index contributed by atoms with van der Waals surface area (Å²) in [5.74, 6) is 2.56. The molecule has 0 aromatic heterocycles. The fourth-order valence-electron chi connectivity index (χ4n) is 2.59. The van der Waals surface area contributed by atoms with Crippen LogP contribution in [-0.4, -0.2) is 23.6 Å². The van der Waals surface area contributed by atoms with Gasteiger partial charge in [-0.05, 0) is 48.6 Å². The fourth-order valence-corrected chi connectivity index (χ4v) is 4.47. The molecule has 1 saturated heterocycles. The van der Waals surface area contributed by atoms with E-state index in [1.165, 1.54) is 23.5 Å². The maximum Gasteiger partial charge on any atom is 0.0212 e. The summed E-state index contributed by atoms with van der Waals surface area (Å²) in [5, 5.41) is 3.84. The molecule has 1 aliphatic heterocycles. The molecule has 0 aliphatic carbocycles. The highest BCUT2D eigenvalue weighted by molar-refractivity contribution is 9.10. The van der Waals surface area contributed by atoms with Gasteiger partial charge in [0.1, 0.15) is 0 Å². The van der Waals surface area contributed by atoms with E-state index < -0.39 is 0 Å². The molecule has 2 rings (SSSR count). The molecule has 1 N–H and O–H groups in total. The van der Waals surface area contributed by atoms with E-state index in [4.69, 9.17) is 0 Å². The zero-order chi connectivity index (χ0) is 13.9. The SMILES string of the molecule is CC(Cc1ccc(Br)cc1)NC1CSCCC1(C)C. The smallest absolute Gasteiger partial charge is 0.0212 e. The average molecular weight is 342 g/mol. The maximum absolute atomic E-state index is 3.84. The number of benzene rings is 1. The molecule has 0 bridgehead atoms. The third kappa shape index (κ3) is 4.51. The van der Waals surface area contributed by atoms with Gasteiger partial charge in [0.15, 0.2) is 0 Å². The van der Waals surface area contributed by atoms with Crippen LogP contribution in [0.15, 0.2) is 28.7 Å². The number of thioether (sulfide) groups is 1. The molecule has 1 heterocycles. The number of hydrogen-bond donors (Lipinski definition) is 1. The lowest BCUT2D eigenvalue weighted by atomic mass is 9.82. The minimum atomic E-state index is 0.430. The molecule has 2 atom stereocenters. The Kier molecular flexibility index (Phi) is 5.38. The Morgan fingerprint density at radius 1 is 1.37 bits per heavy atom. The van der Waals surface area contributed by atoms with Crippen molar-refractivity contribution in [2.24, 2.45) is 5.41 Å². The van der Waals surface area contributed by atoms with E-state index in [0.717, 1.165) is 10.9 Å². The lowest BCUT2D eigenvalue weighted by Crippen LogP contribution is -2.50. The Balaban J connectivity index is 1.90. The molecule has 0 spiro atoms. The molecule has 1 aromatic carbocycles. The molecule has 2 unspecified atom stereocenters. The van der Waals surface area contributed by atoms with Crippen LogP contribution in [0.2, 0.25) is 0 Å². The lowest BCUT2D eigenvalue weighted by molar-refractivity contribution is 0.231. The summed E-state index contributed by atoms with van der Waals surface area (Å²) in [4.78, 5) is 0. The minimum absolute atomic E-state index is 0.430. The number of halogens is 1. The third-order valence-corrected chi connectivity index (χ3v) is 5.65. The molecule has 19 heavy (non-hydrogen) atoms. The van der Waals surface area contributed by atoms with Crippen molar-refractivity contribution in [1.82, 2.24) is 5.32 Å². The summed E-state index contributed by atoms with van der Waals surface area (Å²) >= 11 is 5.57. The van der Waals surface area contributed by atoms with Crippen molar-refractivity contribution < 1.29 is 0 Å². The van der Waals surface area contributed by atoms with E-state index >= 15 is 0 Å². The van der Waals surface area contributed by atoms with Gasteiger partial charge in [-0.1, -0.05) is 41.9 Å². The van der Waals surface area contributed by atoms with Gasteiger partial charge in [0.25, 0.3) is 0 Å². The van der Waals surface area contributed by atoms with Crippen molar-refractivity contribution in [2.45, 2.75) is 45.7 Å². The second-order valence-electron chi connectivity index (χ2n) is 6.26. The monoisotopic (exact) mass is 341 g/mol. The van der Waals surface area contributed by atoms with E-state index in [-0.39, 0.29) is 0 Å². The van der Waals surface area contributed by atoms with Crippen LogP contribution in [0.1, 0.15) is 32.8 Å². The van der Waals surface area contributed by atoms with E-state index in [1.54, 1.807) is 0 Å². The largest absolute Gasteiger partial charge is 0.310 e. The van der Waals surface area contributed by atoms with Crippen molar-refractivity contribution in [2.75, 3.05) is 11.5 Å². The summed E-state index contributed by atoms with van der Waals surface area (Å²) < 4.78 is 1.15. The van der Waals surface area contributed by atoms with Crippen molar-refractivity contribution in [3.63, 3.8) is 0 Å². The molecular weight excluding hydrogens is 318 g/mol. The Labute approximate surface area is 130 Å². The molecule has 0 saturated carbocycles. The number of hydrogen-bond acceptors (Lipinski definition) is 2. The normalized spacial score (nSPS) is 24.1. The van der Waals surface area contributed by atoms with Crippen LogP contribution in [0.5, 0.6) is 0 Å².